The van der Waals surface area contributed by atoms with Crippen molar-refractivity contribution in [2.75, 3.05) is 32.1 Å². The maximum absolute atomic E-state index is 12.2. The van der Waals surface area contributed by atoms with Crippen LogP contribution < -0.4 is 9.64 Å². The van der Waals surface area contributed by atoms with Gasteiger partial charge in [-0.05, 0) is 32.9 Å². The summed E-state index contributed by atoms with van der Waals surface area (Å²) < 4.78 is 11.2. The van der Waals surface area contributed by atoms with Gasteiger partial charge in [-0.15, -0.1) is 0 Å². The summed E-state index contributed by atoms with van der Waals surface area (Å²) in [4.78, 5) is 27.7. The molecule has 0 N–H and O–H groups in total. The molecule has 0 saturated carbocycles. The average molecular weight is 320 g/mol. The van der Waals surface area contributed by atoms with Gasteiger partial charge in [0.1, 0.15) is 17.9 Å². The van der Waals surface area contributed by atoms with Crippen LogP contribution in [0.2, 0.25) is 0 Å². The van der Waals surface area contributed by atoms with Crippen LogP contribution in [0.3, 0.4) is 0 Å². The van der Waals surface area contributed by atoms with Gasteiger partial charge in [-0.1, -0.05) is 12.1 Å². The molecule has 1 aromatic rings. The van der Waals surface area contributed by atoms with Crippen molar-refractivity contribution in [3.63, 3.8) is 0 Å². The summed E-state index contributed by atoms with van der Waals surface area (Å²) in [6.45, 7) is 5.88. The van der Waals surface area contributed by atoms with Gasteiger partial charge in [-0.3, -0.25) is 9.59 Å². The van der Waals surface area contributed by atoms with Crippen LogP contribution in [0.15, 0.2) is 24.3 Å². The Bertz CT molecular complexity index is 593. The molecule has 0 aliphatic carbocycles. The Labute approximate surface area is 137 Å². The Kier molecular flexibility index (Phi) is 4.82. The van der Waals surface area contributed by atoms with E-state index in [-0.39, 0.29) is 18.4 Å². The van der Waals surface area contributed by atoms with Crippen molar-refractivity contribution in [2.24, 2.45) is 0 Å². The number of likely N-dealkylation sites (N-methyl/N-ethyl adjacent to an activating group) is 1. The molecule has 23 heavy (non-hydrogen) atoms. The van der Waals surface area contributed by atoms with Crippen LogP contribution in [0, 0.1) is 0 Å². The first-order chi connectivity index (χ1) is 10.7. The molecule has 1 aliphatic rings. The summed E-state index contributed by atoms with van der Waals surface area (Å²) >= 11 is 0. The summed E-state index contributed by atoms with van der Waals surface area (Å²) in [6, 6.07) is 7.38. The highest BCUT2D eigenvalue weighted by molar-refractivity contribution is 5.84. The number of fused-ring (bicyclic) bond motifs is 1. The number of hydrogen-bond donors (Lipinski definition) is 0. The number of carbonyl (C=O) groups excluding carboxylic acids is 2. The minimum absolute atomic E-state index is 0.0782. The predicted molar refractivity (Wildman–Crippen MR) is 87.6 cm³/mol. The van der Waals surface area contributed by atoms with E-state index in [1.807, 2.05) is 43.9 Å². The van der Waals surface area contributed by atoms with Gasteiger partial charge in [-0.25, -0.2) is 0 Å². The van der Waals surface area contributed by atoms with Crippen molar-refractivity contribution >= 4 is 17.6 Å². The maximum Gasteiger partial charge on any atom is 0.326 e. The highest BCUT2D eigenvalue weighted by Gasteiger charge is 2.33. The lowest BCUT2D eigenvalue weighted by molar-refractivity contribution is -0.153. The maximum atomic E-state index is 12.2. The first-order valence-corrected chi connectivity index (χ1v) is 7.61. The molecule has 0 radical (unpaired) electrons. The van der Waals surface area contributed by atoms with E-state index in [9.17, 15) is 9.59 Å². The fourth-order valence-corrected chi connectivity index (χ4v) is 2.40. The summed E-state index contributed by atoms with van der Waals surface area (Å²) in [6.07, 6.45) is -0.637. The van der Waals surface area contributed by atoms with Gasteiger partial charge in [0.15, 0.2) is 6.10 Å². The Morgan fingerprint density at radius 1 is 1.30 bits per heavy atom. The fourth-order valence-electron chi connectivity index (χ4n) is 2.40. The number of hydrogen-bond acceptors (Lipinski definition) is 5. The molecule has 0 aromatic heterocycles. The van der Waals surface area contributed by atoms with E-state index in [0.717, 1.165) is 5.69 Å². The van der Waals surface area contributed by atoms with Crippen LogP contribution in [0.5, 0.6) is 5.75 Å². The molecule has 6 nitrogen and oxygen atoms in total. The van der Waals surface area contributed by atoms with E-state index in [0.29, 0.717) is 12.3 Å². The molecule has 126 valence electrons. The number of anilines is 1. The van der Waals surface area contributed by atoms with Crippen molar-refractivity contribution in [1.29, 1.82) is 0 Å². The van der Waals surface area contributed by atoms with Crippen LogP contribution in [-0.2, 0) is 14.3 Å². The smallest absolute Gasteiger partial charge is 0.326 e. The van der Waals surface area contributed by atoms with E-state index in [1.165, 1.54) is 4.90 Å². The molecule has 0 fully saturated rings. The monoisotopic (exact) mass is 320 g/mol. The van der Waals surface area contributed by atoms with Crippen molar-refractivity contribution in [2.45, 2.75) is 32.5 Å². The minimum Gasteiger partial charge on any atom is -0.477 e. The second-order valence-corrected chi connectivity index (χ2v) is 6.77. The van der Waals surface area contributed by atoms with Gasteiger partial charge < -0.3 is 19.3 Å². The zero-order chi connectivity index (χ0) is 17.2. The van der Waals surface area contributed by atoms with E-state index < -0.39 is 11.7 Å². The number of para-hydroxylation sites is 2. The van der Waals surface area contributed by atoms with E-state index in [1.54, 1.807) is 20.2 Å². The molecular weight excluding hydrogens is 296 g/mol. The number of benzene rings is 1. The van der Waals surface area contributed by atoms with E-state index in [4.69, 9.17) is 9.47 Å². The lowest BCUT2D eigenvalue weighted by atomic mass is 10.1. The number of esters is 1. The van der Waals surface area contributed by atoms with Crippen LogP contribution in [0.25, 0.3) is 0 Å². The molecule has 1 heterocycles. The molecule has 0 spiro atoms. The molecule has 2 rings (SSSR count). The normalized spacial score (nSPS) is 17.1. The molecule has 1 aliphatic heterocycles. The molecular formula is C17H24N2O4. The lowest BCUT2D eigenvalue weighted by Crippen LogP contribution is -2.50. The Morgan fingerprint density at radius 2 is 1.96 bits per heavy atom. The van der Waals surface area contributed by atoms with Crippen LogP contribution >= 0.6 is 0 Å². The summed E-state index contributed by atoms with van der Waals surface area (Å²) in [5, 5.41) is 0. The number of carbonyl (C=O) groups is 2. The fraction of sp³-hybridized carbons (Fsp3) is 0.529. The van der Waals surface area contributed by atoms with Crippen molar-refractivity contribution < 1.29 is 19.1 Å². The molecule has 0 unspecified atom stereocenters. The van der Waals surface area contributed by atoms with Gasteiger partial charge in [0.05, 0.1) is 12.2 Å². The third-order valence-corrected chi connectivity index (χ3v) is 3.32. The summed E-state index contributed by atoms with van der Waals surface area (Å²) in [5.41, 5.74) is 0.253. The Morgan fingerprint density at radius 3 is 2.57 bits per heavy atom. The highest BCUT2D eigenvalue weighted by atomic mass is 16.6. The first-order valence-electron chi connectivity index (χ1n) is 7.61. The Hall–Kier alpha value is -2.24. The third kappa shape index (κ3) is 4.37. The van der Waals surface area contributed by atoms with Gasteiger partial charge in [0.2, 0.25) is 0 Å². The predicted octanol–water partition coefficient (Wildman–Crippen LogP) is 1.68. The molecule has 0 saturated heterocycles. The molecule has 1 amide bonds. The quantitative estimate of drug-likeness (QED) is 0.793. The first kappa shape index (κ1) is 17.1. The second-order valence-electron chi connectivity index (χ2n) is 6.77. The van der Waals surface area contributed by atoms with Gasteiger partial charge >= 0.3 is 5.97 Å². The Balaban J connectivity index is 2.20. The van der Waals surface area contributed by atoms with E-state index in [2.05, 4.69) is 0 Å². The molecule has 6 heteroatoms. The number of rotatable bonds is 3. The van der Waals surface area contributed by atoms with Crippen LogP contribution in [0.1, 0.15) is 20.8 Å². The number of nitrogens with zero attached hydrogens (tertiary/aromatic N) is 2. The van der Waals surface area contributed by atoms with Gasteiger partial charge in [0, 0.05) is 14.1 Å². The van der Waals surface area contributed by atoms with E-state index >= 15 is 0 Å². The number of amides is 1. The lowest BCUT2D eigenvalue weighted by Gasteiger charge is -2.36. The van der Waals surface area contributed by atoms with Crippen molar-refractivity contribution in [3.05, 3.63) is 24.3 Å². The van der Waals surface area contributed by atoms with Gasteiger partial charge in [0.25, 0.3) is 5.91 Å². The third-order valence-electron chi connectivity index (χ3n) is 3.32. The number of ether oxygens (including phenoxy) is 2. The van der Waals surface area contributed by atoms with Crippen molar-refractivity contribution in [1.82, 2.24) is 4.90 Å². The topological polar surface area (TPSA) is 59.1 Å². The summed E-state index contributed by atoms with van der Waals surface area (Å²) in [5.74, 6) is 0.140. The largest absolute Gasteiger partial charge is 0.477 e. The minimum atomic E-state index is -0.637. The van der Waals surface area contributed by atoms with Crippen LogP contribution in [-0.4, -0.2) is 55.7 Å². The van der Waals surface area contributed by atoms with Crippen molar-refractivity contribution in [3.8, 4) is 5.75 Å². The average Bonchev–Trinajstić information content (AvgIpc) is 2.44. The zero-order valence-electron chi connectivity index (χ0n) is 14.3. The molecule has 1 atom stereocenters. The van der Waals surface area contributed by atoms with Gasteiger partial charge in [-0.2, -0.15) is 0 Å². The van der Waals surface area contributed by atoms with Crippen LogP contribution in [0.4, 0.5) is 5.69 Å². The standard InChI is InChI=1S/C17H24N2O4/c1-17(2,3)23-15(20)11-19-10-14(16(21)18(4)5)22-13-9-7-6-8-12(13)19/h6-9,14H,10-11H2,1-5H3/t14-/m0/s1. The zero-order valence-corrected chi connectivity index (χ0v) is 14.3. The molecule has 0 bridgehead atoms. The second kappa shape index (κ2) is 6.48. The summed E-state index contributed by atoms with van der Waals surface area (Å²) in [7, 11) is 3.37. The molecule has 1 aromatic carbocycles. The SMILES string of the molecule is CN(C)C(=O)[C@@H]1CN(CC(=O)OC(C)(C)C)c2ccccc2O1. The highest BCUT2D eigenvalue weighted by Crippen LogP contribution is 2.33.